The molecule has 6 nitrogen and oxygen atoms in total. The molecule has 1 aromatic carbocycles. The molecular weight excluding hydrogens is 296 g/mol. The lowest BCUT2D eigenvalue weighted by Gasteiger charge is -2.28. The Labute approximate surface area is 124 Å². The highest BCUT2D eigenvalue weighted by molar-refractivity contribution is 7.92. The number of sulfone groups is 1. The maximum absolute atomic E-state index is 12.5. The second-order valence-electron chi connectivity index (χ2n) is 5.06. The van der Waals surface area contributed by atoms with Crippen LogP contribution in [0, 0.1) is 5.92 Å². The Morgan fingerprint density at radius 1 is 1.10 bits per heavy atom. The molecule has 0 bridgehead atoms. The molecule has 7 heteroatoms. The smallest absolute Gasteiger partial charge is 0.304 e. The quantitative estimate of drug-likeness (QED) is 0.750. The van der Waals surface area contributed by atoms with Gasteiger partial charge < -0.3 is 14.9 Å². The first-order valence-electron chi connectivity index (χ1n) is 6.50. The molecule has 0 saturated heterocycles. The summed E-state index contributed by atoms with van der Waals surface area (Å²) in [7, 11) is -4.13. The fourth-order valence-electron chi connectivity index (χ4n) is 1.78. The van der Waals surface area contributed by atoms with Gasteiger partial charge in [-0.05, 0) is 18.1 Å². The van der Waals surface area contributed by atoms with Crippen molar-refractivity contribution in [2.45, 2.75) is 43.3 Å². The van der Waals surface area contributed by atoms with Crippen LogP contribution in [0.25, 0.3) is 0 Å². The number of aliphatic hydroxyl groups is 2. The highest BCUT2D eigenvalue weighted by Gasteiger charge is 2.41. The zero-order valence-corrected chi connectivity index (χ0v) is 12.9. The van der Waals surface area contributed by atoms with E-state index < -0.39 is 39.4 Å². The number of hydrogen-bond donors (Lipinski definition) is 2. The SMILES string of the molecule is CC(=O)O[C@@H]([C@@H](O)[C@H](O)C(C)C)S(=O)(=O)c1ccccc1. The third-order valence-corrected chi connectivity index (χ3v) is 4.89. The van der Waals surface area contributed by atoms with Crippen LogP contribution in [-0.4, -0.2) is 42.2 Å². The van der Waals surface area contributed by atoms with Gasteiger partial charge in [0.15, 0.2) is 0 Å². The molecule has 1 rings (SSSR count). The molecule has 0 aliphatic rings. The molecule has 0 heterocycles. The van der Waals surface area contributed by atoms with Gasteiger partial charge >= 0.3 is 5.97 Å². The van der Waals surface area contributed by atoms with Crippen LogP contribution in [0.2, 0.25) is 0 Å². The van der Waals surface area contributed by atoms with Crippen molar-refractivity contribution in [3.63, 3.8) is 0 Å². The first-order chi connectivity index (χ1) is 9.67. The largest absolute Gasteiger partial charge is 0.443 e. The lowest BCUT2D eigenvalue weighted by molar-refractivity contribution is -0.150. The molecule has 21 heavy (non-hydrogen) atoms. The van der Waals surface area contributed by atoms with Crippen molar-refractivity contribution in [3.8, 4) is 0 Å². The molecule has 3 atom stereocenters. The average molecular weight is 316 g/mol. The van der Waals surface area contributed by atoms with Crippen molar-refractivity contribution in [1.29, 1.82) is 0 Å². The number of ether oxygens (including phenoxy) is 1. The fourth-order valence-corrected chi connectivity index (χ4v) is 3.37. The highest BCUT2D eigenvalue weighted by Crippen LogP contribution is 2.23. The van der Waals surface area contributed by atoms with Crippen molar-refractivity contribution in [2.75, 3.05) is 0 Å². The molecule has 0 radical (unpaired) electrons. The maximum Gasteiger partial charge on any atom is 0.304 e. The monoisotopic (exact) mass is 316 g/mol. The summed E-state index contributed by atoms with van der Waals surface area (Å²) in [5, 5.41) is 20.0. The van der Waals surface area contributed by atoms with E-state index in [0.717, 1.165) is 6.92 Å². The van der Waals surface area contributed by atoms with E-state index >= 15 is 0 Å². The molecule has 1 aromatic rings. The van der Waals surface area contributed by atoms with Gasteiger partial charge in [-0.3, -0.25) is 4.79 Å². The normalized spacial score (nSPS) is 16.3. The van der Waals surface area contributed by atoms with E-state index in [4.69, 9.17) is 4.74 Å². The van der Waals surface area contributed by atoms with Crippen molar-refractivity contribution in [2.24, 2.45) is 5.92 Å². The minimum Gasteiger partial charge on any atom is -0.443 e. The molecule has 0 fully saturated rings. The van der Waals surface area contributed by atoms with Gasteiger partial charge in [0.2, 0.25) is 15.3 Å². The van der Waals surface area contributed by atoms with Crippen LogP contribution in [0.3, 0.4) is 0 Å². The van der Waals surface area contributed by atoms with Crippen molar-refractivity contribution in [3.05, 3.63) is 30.3 Å². The molecule has 0 aliphatic carbocycles. The lowest BCUT2D eigenvalue weighted by atomic mass is 10.0. The molecule has 0 amide bonds. The number of benzene rings is 1. The summed E-state index contributed by atoms with van der Waals surface area (Å²) in [6.07, 6.45) is -3.08. The van der Waals surface area contributed by atoms with Gasteiger partial charge in [0.25, 0.3) is 0 Å². The van der Waals surface area contributed by atoms with Crippen LogP contribution in [0.4, 0.5) is 0 Å². The Hall–Kier alpha value is -1.44. The minimum absolute atomic E-state index is 0.0914. The molecule has 2 N–H and O–H groups in total. The summed E-state index contributed by atoms with van der Waals surface area (Å²) in [4.78, 5) is 11.1. The predicted octanol–water partition coefficient (Wildman–Crippen LogP) is 0.727. The van der Waals surface area contributed by atoms with Crippen LogP contribution in [0.1, 0.15) is 20.8 Å². The van der Waals surface area contributed by atoms with E-state index in [9.17, 15) is 23.4 Å². The summed E-state index contributed by atoms with van der Waals surface area (Å²) < 4.78 is 29.7. The van der Waals surface area contributed by atoms with Gasteiger partial charge in [0, 0.05) is 6.92 Å². The van der Waals surface area contributed by atoms with Gasteiger partial charge in [-0.1, -0.05) is 32.0 Å². The second kappa shape index (κ2) is 7.02. The summed E-state index contributed by atoms with van der Waals surface area (Å²) in [6.45, 7) is 4.28. The molecule has 0 unspecified atom stereocenters. The Bertz CT molecular complexity index is 566. The molecule has 0 spiro atoms. The molecular formula is C14H20O6S. The number of carbonyl (C=O) groups excluding carboxylic acids is 1. The Morgan fingerprint density at radius 3 is 2.05 bits per heavy atom. The minimum atomic E-state index is -4.13. The summed E-state index contributed by atoms with van der Waals surface area (Å²) >= 11 is 0. The molecule has 0 aliphatic heterocycles. The third-order valence-electron chi connectivity index (χ3n) is 2.97. The second-order valence-corrected chi connectivity index (χ2v) is 7.09. The van der Waals surface area contributed by atoms with E-state index in [-0.39, 0.29) is 4.90 Å². The Morgan fingerprint density at radius 2 is 1.62 bits per heavy atom. The Balaban J connectivity index is 3.22. The van der Waals surface area contributed by atoms with Crippen LogP contribution in [0.15, 0.2) is 35.2 Å². The van der Waals surface area contributed by atoms with Crippen molar-refractivity contribution >= 4 is 15.8 Å². The molecule has 118 valence electrons. The number of rotatable bonds is 6. The third kappa shape index (κ3) is 4.26. The summed E-state index contributed by atoms with van der Waals surface area (Å²) in [5.41, 5.74) is -1.85. The van der Waals surface area contributed by atoms with Gasteiger partial charge in [-0.25, -0.2) is 8.42 Å². The topological polar surface area (TPSA) is 101 Å². The number of esters is 1. The number of carbonyl (C=O) groups is 1. The number of aliphatic hydroxyl groups excluding tert-OH is 2. The standard InChI is InChI=1S/C14H20O6S/c1-9(2)12(16)13(17)14(20-10(3)15)21(18,19)11-7-5-4-6-8-11/h4-9,12-14,16-17H,1-3H3/t12-,13+,14-/m1/s1. The van der Waals surface area contributed by atoms with E-state index in [0.29, 0.717) is 0 Å². The Kier molecular flexibility index (Phi) is 5.88. The van der Waals surface area contributed by atoms with E-state index in [2.05, 4.69) is 0 Å². The zero-order valence-electron chi connectivity index (χ0n) is 12.1. The van der Waals surface area contributed by atoms with Crippen LogP contribution in [-0.2, 0) is 19.4 Å². The van der Waals surface area contributed by atoms with Crippen molar-refractivity contribution < 1.29 is 28.2 Å². The van der Waals surface area contributed by atoms with Gasteiger partial charge in [0.05, 0.1) is 11.0 Å². The van der Waals surface area contributed by atoms with Crippen LogP contribution >= 0.6 is 0 Å². The number of hydrogen-bond acceptors (Lipinski definition) is 6. The summed E-state index contributed by atoms with van der Waals surface area (Å²) in [6, 6.07) is 7.34. The van der Waals surface area contributed by atoms with Crippen molar-refractivity contribution in [1.82, 2.24) is 0 Å². The van der Waals surface area contributed by atoms with E-state index in [1.54, 1.807) is 19.9 Å². The van der Waals surface area contributed by atoms with Crippen LogP contribution in [0.5, 0.6) is 0 Å². The highest BCUT2D eigenvalue weighted by atomic mass is 32.2. The zero-order chi connectivity index (χ0) is 16.2. The molecule has 0 saturated carbocycles. The lowest BCUT2D eigenvalue weighted by Crippen LogP contribution is -2.46. The maximum atomic E-state index is 12.5. The molecule has 0 aromatic heterocycles. The summed E-state index contributed by atoms with van der Waals surface area (Å²) in [5.74, 6) is -1.25. The van der Waals surface area contributed by atoms with Crippen LogP contribution < -0.4 is 0 Å². The predicted molar refractivity (Wildman–Crippen MR) is 76.0 cm³/mol. The first-order valence-corrected chi connectivity index (χ1v) is 8.05. The van der Waals surface area contributed by atoms with E-state index in [1.165, 1.54) is 24.3 Å². The van der Waals surface area contributed by atoms with Gasteiger partial charge in [-0.15, -0.1) is 0 Å². The van der Waals surface area contributed by atoms with Gasteiger partial charge in [0.1, 0.15) is 6.10 Å². The van der Waals surface area contributed by atoms with E-state index in [1.807, 2.05) is 0 Å². The van der Waals surface area contributed by atoms with Gasteiger partial charge in [-0.2, -0.15) is 0 Å². The first kappa shape index (κ1) is 17.6. The average Bonchev–Trinajstić information content (AvgIpc) is 2.43. The fraction of sp³-hybridized carbons (Fsp3) is 0.500.